The van der Waals surface area contributed by atoms with E-state index in [1.807, 2.05) is 47.9 Å². The highest BCUT2D eigenvalue weighted by atomic mass is 16.5. The van der Waals surface area contributed by atoms with Gasteiger partial charge in [-0.25, -0.2) is 4.99 Å². The number of ether oxygens (including phenoxy) is 1. The Bertz CT molecular complexity index is 957. The molecule has 0 aliphatic rings. The van der Waals surface area contributed by atoms with Gasteiger partial charge in [-0.2, -0.15) is 0 Å². The van der Waals surface area contributed by atoms with Crippen LogP contribution in [0, 0.1) is 0 Å². The van der Waals surface area contributed by atoms with Crippen molar-refractivity contribution in [3.8, 4) is 5.75 Å². The van der Waals surface area contributed by atoms with Crippen LogP contribution >= 0.6 is 0 Å². The maximum Gasteiger partial charge on any atom is 0.191 e. The third-order valence-corrected chi connectivity index (χ3v) is 4.47. The minimum atomic E-state index is 0.106. The van der Waals surface area contributed by atoms with Crippen LogP contribution < -0.4 is 15.4 Å². The second-order valence-electron chi connectivity index (χ2n) is 7.79. The predicted molar refractivity (Wildman–Crippen MR) is 116 cm³/mol. The smallest absolute Gasteiger partial charge is 0.191 e. The molecule has 0 unspecified atom stereocenters. The maximum absolute atomic E-state index is 5.91. The summed E-state index contributed by atoms with van der Waals surface area (Å²) in [7, 11) is 0. The van der Waals surface area contributed by atoms with Gasteiger partial charge in [0.25, 0.3) is 0 Å². The zero-order valence-electron chi connectivity index (χ0n) is 17.6. The molecule has 0 amide bonds. The third kappa shape index (κ3) is 5.70. The molecule has 0 atom stereocenters. The van der Waals surface area contributed by atoms with Gasteiger partial charge in [0.05, 0.1) is 6.54 Å². The Hall–Kier alpha value is -3.09. The highest BCUT2D eigenvalue weighted by Gasteiger charge is 2.13. The van der Waals surface area contributed by atoms with Gasteiger partial charge in [0, 0.05) is 12.7 Å². The fraction of sp³-hybridized carbons (Fsp3) is 0.409. The van der Waals surface area contributed by atoms with Crippen LogP contribution in [0.3, 0.4) is 0 Å². The number of benzene rings is 1. The highest BCUT2D eigenvalue weighted by molar-refractivity contribution is 5.79. The molecular formula is C22H30N6O. The van der Waals surface area contributed by atoms with E-state index < -0.39 is 0 Å². The molecule has 1 aromatic carbocycles. The van der Waals surface area contributed by atoms with Crippen LogP contribution in [0.4, 0.5) is 0 Å². The van der Waals surface area contributed by atoms with Crippen molar-refractivity contribution in [2.24, 2.45) is 4.99 Å². The van der Waals surface area contributed by atoms with Crippen molar-refractivity contribution >= 4 is 11.6 Å². The van der Waals surface area contributed by atoms with Crippen LogP contribution in [0.1, 0.15) is 39.1 Å². The number of hydrogen-bond acceptors (Lipinski definition) is 4. The fourth-order valence-electron chi connectivity index (χ4n) is 2.88. The molecule has 2 heterocycles. The summed E-state index contributed by atoms with van der Waals surface area (Å²) in [5, 5.41) is 14.9. The van der Waals surface area contributed by atoms with E-state index in [0.717, 1.165) is 29.7 Å². The Balaban J connectivity index is 1.54. The molecule has 7 heteroatoms. The molecule has 0 bridgehead atoms. The molecule has 0 saturated carbocycles. The zero-order chi connectivity index (χ0) is 20.7. The summed E-state index contributed by atoms with van der Waals surface area (Å²) in [4.78, 5) is 4.61. The number of aliphatic imine (C=N–C) groups is 1. The normalized spacial score (nSPS) is 12.2. The second-order valence-corrected chi connectivity index (χ2v) is 7.79. The SMILES string of the molecule is CCNC(=NCc1nnc2ccccn12)NCCOc1cccc(C(C)(C)C)c1. The van der Waals surface area contributed by atoms with E-state index in [4.69, 9.17) is 4.74 Å². The average Bonchev–Trinajstić information content (AvgIpc) is 3.12. The lowest BCUT2D eigenvalue weighted by molar-refractivity contribution is 0.321. The average molecular weight is 395 g/mol. The van der Waals surface area contributed by atoms with Crippen molar-refractivity contribution in [2.75, 3.05) is 19.7 Å². The molecule has 2 N–H and O–H groups in total. The van der Waals surface area contributed by atoms with E-state index in [1.165, 1.54) is 5.56 Å². The molecule has 2 aromatic heterocycles. The molecule has 3 aromatic rings. The lowest BCUT2D eigenvalue weighted by Crippen LogP contribution is -2.39. The lowest BCUT2D eigenvalue weighted by atomic mass is 9.87. The number of rotatable bonds is 7. The Morgan fingerprint density at radius 3 is 2.76 bits per heavy atom. The molecule has 0 saturated heterocycles. The number of guanidine groups is 1. The Kier molecular flexibility index (Phi) is 6.69. The Morgan fingerprint density at radius 1 is 1.10 bits per heavy atom. The number of nitrogens with zero attached hydrogens (tertiary/aromatic N) is 4. The molecular weight excluding hydrogens is 364 g/mol. The van der Waals surface area contributed by atoms with E-state index in [9.17, 15) is 0 Å². The van der Waals surface area contributed by atoms with Gasteiger partial charge in [-0.1, -0.05) is 39.0 Å². The van der Waals surface area contributed by atoms with Crippen LogP contribution in [-0.4, -0.2) is 40.3 Å². The summed E-state index contributed by atoms with van der Waals surface area (Å²) in [6.07, 6.45) is 1.94. The van der Waals surface area contributed by atoms with Gasteiger partial charge in [0.2, 0.25) is 0 Å². The summed E-state index contributed by atoms with van der Waals surface area (Å²) in [6, 6.07) is 14.1. The molecule has 0 aliphatic carbocycles. The predicted octanol–water partition coefficient (Wildman–Crippen LogP) is 3.16. The Labute approximate surface area is 172 Å². The van der Waals surface area contributed by atoms with Gasteiger partial charge in [0.1, 0.15) is 18.9 Å². The first-order chi connectivity index (χ1) is 14.0. The first kappa shape index (κ1) is 20.6. The lowest BCUT2D eigenvalue weighted by Gasteiger charge is -2.20. The third-order valence-electron chi connectivity index (χ3n) is 4.47. The Morgan fingerprint density at radius 2 is 1.97 bits per heavy atom. The first-order valence-corrected chi connectivity index (χ1v) is 10.0. The van der Waals surface area contributed by atoms with Crippen molar-refractivity contribution in [1.82, 2.24) is 25.2 Å². The fourth-order valence-corrected chi connectivity index (χ4v) is 2.88. The topological polar surface area (TPSA) is 75.8 Å². The van der Waals surface area contributed by atoms with E-state index in [-0.39, 0.29) is 5.41 Å². The van der Waals surface area contributed by atoms with Crippen molar-refractivity contribution in [3.63, 3.8) is 0 Å². The summed E-state index contributed by atoms with van der Waals surface area (Å²) in [6.45, 7) is 11.1. The van der Waals surface area contributed by atoms with E-state index in [1.54, 1.807) is 0 Å². The molecule has 0 fully saturated rings. The van der Waals surface area contributed by atoms with Crippen LogP contribution in [0.2, 0.25) is 0 Å². The largest absolute Gasteiger partial charge is 0.492 e. The summed E-state index contributed by atoms with van der Waals surface area (Å²) < 4.78 is 7.85. The number of fused-ring (bicyclic) bond motifs is 1. The zero-order valence-corrected chi connectivity index (χ0v) is 17.6. The standard InChI is InChI=1S/C22H30N6O/c1-5-23-21(25-16-20-27-26-19-11-6-7-13-28(19)20)24-12-14-29-18-10-8-9-17(15-18)22(2,3)4/h6-11,13,15H,5,12,14,16H2,1-4H3,(H2,23,24,25). The maximum atomic E-state index is 5.91. The molecule has 0 aliphatic heterocycles. The molecule has 3 rings (SSSR count). The molecule has 0 radical (unpaired) electrons. The number of pyridine rings is 1. The second kappa shape index (κ2) is 9.41. The minimum Gasteiger partial charge on any atom is -0.492 e. The molecule has 7 nitrogen and oxygen atoms in total. The van der Waals surface area contributed by atoms with E-state index in [2.05, 4.69) is 58.7 Å². The van der Waals surface area contributed by atoms with Crippen molar-refractivity contribution in [2.45, 2.75) is 39.7 Å². The summed E-state index contributed by atoms with van der Waals surface area (Å²) in [5.74, 6) is 2.41. The van der Waals surface area contributed by atoms with Crippen LogP contribution in [-0.2, 0) is 12.0 Å². The number of hydrogen-bond donors (Lipinski definition) is 2. The van der Waals surface area contributed by atoms with Crippen LogP contribution in [0.15, 0.2) is 53.7 Å². The van der Waals surface area contributed by atoms with E-state index in [0.29, 0.717) is 19.7 Å². The van der Waals surface area contributed by atoms with Gasteiger partial charge in [-0.15, -0.1) is 10.2 Å². The first-order valence-electron chi connectivity index (χ1n) is 10.0. The van der Waals surface area contributed by atoms with Gasteiger partial charge < -0.3 is 15.4 Å². The quantitative estimate of drug-likeness (QED) is 0.366. The molecule has 0 spiro atoms. The summed E-state index contributed by atoms with van der Waals surface area (Å²) >= 11 is 0. The number of nitrogens with one attached hydrogen (secondary N) is 2. The molecule has 154 valence electrons. The van der Waals surface area contributed by atoms with Gasteiger partial charge in [-0.05, 0) is 42.2 Å². The van der Waals surface area contributed by atoms with Gasteiger partial charge >= 0.3 is 0 Å². The molecule has 29 heavy (non-hydrogen) atoms. The van der Waals surface area contributed by atoms with Crippen molar-refractivity contribution < 1.29 is 4.74 Å². The number of aromatic nitrogens is 3. The van der Waals surface area contributed by atoms with Crippen molar-refractivity contribution in [3.05, 3.63) is 60.0 Å². The monoisotopic (exact) mass is 394 g/mol. The highest BCUT2D eigenvalue weighted by Crippen LogP contribution is 2.25. The van der Waals surface area contributed by atoms with Crippen LogP contribution in [0.25, 0.3) is 5.65 Å². The van der Waals surface area contributed by atoms with E-state index >= 15 is 0 Å². The van der Waals surface area contributed by atoms with Gasteiger partial charge in [0.15, 0.2) is 17.4 Å². The van der Waals surface area contributed by atoms with Crippen LogP contribution in [0.5, 0.6) is 5.75 Å². The summed E-state index contributed by atoms with van der Waals surface area (Å²) in [5.41, 5.74) is 2.19. The minimum absolute atomic E-state index is 0.106. The van der Waals surface area contributed by atoms with Crippen molar-refractivity contribution in [1.29, 1.82) is 0 Å². The van der Waals surface area contributed by atoms with Gasteiger partial charge in [-0.3, -0.25) is 4.40 Å².